The third-order valence-corrected chi connectivity index (χ3v) is 4.74. The predicted molar refractivity (Wildman–Crippen MR) is 92.3 cm³/mol. The van der Waals surface area contributed by atoms with Crippen LogP contribution in [0.3, 0.4) is 0 Å². The quantitative estimate of drug-likeness (QED) is 0.791. The van der Waals surface area contributed by atoms with Crippen LogP contribution in [0.4, 0.5) is 5.69 Å². The summed E-state index contributed by atoms with van der Waals surface area (Å²) in [6, 6.07) is 9.06. The average Bonchev–Trinajstić information content (AvgIpc) is 3.08. The minimum absolute atomic E-state index is 0.0596. The molecule has 1 unspecified atom stereocenters. The number of hydrogen-bond donors (Lipinski definition) is 1. The van der Waals surface area contributed by atoms with Crippen LogP contribution in [0.15, 0.2) is 41.0 Å². The Morgan fingerprint density at radius 2 is 2.13 bits per heavy atom. The summed E-state index contributed by atoms with van der Waals surface area (Å²) in [6.45, 7) is 1.99. The summed E-state index contributed by atoms with van der Waals surface area (Å²) in [5, 5.41) is 2.75. The van der Waals surface area contributed by atoms with Gasteiger partial charge in [-0.15, -0.1) is 11.8 Å². The van der Waals surface area contributed by atoms with Crippen molar-refractivity contribution >= 4 is 23.4 Å². The molecule has 23 heavy (non-hydrogen) atoms. The van der Waals surface area contributed by atoms with Crippen LogP contribution in [0.1, 0.15) is 19.1 Å². The molecule has 0 spiro atoms. The van der Waals surface area contributed by atoms with Gasteiger partial charge in [0.25, 0.3) is 0 Å². The highest BCUT2D eigenvalue weighted by molar-refractivity contribution is 7.99. The van der Waals surface area contributed by atoms with Crippen molar-refractivity contribution in [2.24, 2.45) is 0 Å². The van der Waals surface area contributed by atoms with Crippen molar-refractivity contribution in [1.29, 1.82) is 0 Å². The molecule has 1 N–H and O–H groups in total. The molecular weight excluding hydrogens is 314 g/mol. The number of amides is 1. The van der Waals surface area contributed by atoms with E-state index in [0.29, 0.717) is 22.9 Å². The Morgan fingerprint density at radius 1 is 1.30 bits per heavy atom. The average molecular weight is 335 g/mol. The molecule has 2 rings (SSSR count). The van der Waals surface area contributed by atoms with E-state index in [1.54, 1.807) is 50.4 Å². The van der Waals surface area contributed by atoms with Crippen molar-refractivity contribution < 1.29 is 18.7 Å². The van der Waals surface area contributed by atoms with Crippen molar-refractivity contribution in [3.8, 4) is 11.5 Å². The minimum Gasteiger partial charge on any atom is -0.497 e. The summed E-state index contributed by atoms with van der Waals surface area (Å²) in [5.74, 6) is 2.73. The largest absolute Gasteiger partial charge is 0.497 e. The molecule has 0 saturated carbocycles. The highest BCUT2D eigenvalue weighted by atomic mass is 32.2. The lowest BCUT2D eigenvalue weighted by atomic mass is 10.2. The number of ether oxygens (including phenoxy) is 2. The first kappa shape index (κ1) is 17.3. The molecule has 124 valence electrons. The van der Waals surface area contributed by atoms with Crippen LogP contribution >= 0.6 is 11.8 Å². The molecule has 0 fully saturated rings. The van der Waals surface area contributed by atoms with E-state index in [-0.39, 0.29) is 11.2 Å². The number of nitrogens with one attached hydrogen (secondary N) is 1. The molecule has 0 radical (unpaired) electrons. The van der Waals surface area contributed by atoms with Gasteiger partial charge in [0.2, 0.25) is 5.91 Å². The van der Waals surface area contributed by atoms with E-state index in [1.165, 1.54) is 0 Å². The van der Waals surface area contributed by atoms with Crippen molar-refractivity contribution in [3.05, 3.63) is 42.4 Å². The van der Waals surface area contributed by atoms with Gasteiger partial charge in [-0.2, -0.15) is 0 Å². The summed E-state index contributed by atoms with van der Waals surface area (Å²) >= 11 is 1.55. The molecule has 6 heteroatoms. The maximum Gasteiger partial charge on any atom is 0.237 e. The smallest absolute Gasteiger partial charge is 0.237 e. The molecule has 0 saturated heterocycles. The number of hydrogen-bond acceptors (Lipinski definition) is 5. The number of carbonyl (C=O) groups is 1. The molecule has 1 aromatic heterocycles. The van der Waals surface area contributed by atoms with E-state index in [9.17, 15) is 4.79 Å². The highest BCUT2D eigenvalue weighted by Crippen LogP contribution is 2.30. The topological polar surface area (TPSA) is 60.7 Å². The highest BCUT2D eigenvalue weighted by Gasteiger charge is 2.19. The molecule has 0 aliphatic carbocycles. The summed E-state index contributed by atoms with van der Waals surface area (Å²) in [5.41, 5.74) is 0.605. The van der Waals surface area contributed by atoms with Gasteiger partial charge >= 0.3 is 0 Å². The van der Waals surface area contributed by atoms with E-state index in [0.717, 1.165) is 12.2 Å². The van der Waals surface area contributed by atoms with E-state index < -0.39 is 0 Å². The first-order valence-corrected chi connectivity index (χ1v) is 8.39. The number of carbonyl (C=O) groups excluding carboxylic acids is 1. The first-order chi connectivity index (χ1) is 11.2. The maximum atomic E-state index is 12.5. The third kappa shape index (κ3) is 4.69. The second-order valence-electron chi connectivity index (χ2n) is 4.84. The van der Waals surface area contributed by atoms with Gasteiger partial charge in [-0.05, 0) is 30.7 Å². The summed E-state index contributed by atoms with van der Waals surface area (Å²) < 4.78 is 15.8. The molecule has 0 bridgehead atoms. The van der Waals surface area contributed by atoms with Gasteiger partial charge in [0, 0.05) is 6.07 Å². The fourth-order valence-electron chi connectivity index (χ4n) is 2.08. The molecule has 0 aliphatic heterocycles. The normalized spacial score (nSPS) is 11.8. The molecule has 1 aromatic carbocycles. The van der Waals surface area contributed by atoms with Gasteiger partial charge in [-0.3, -0.25) is 4.79 Å². The van der Waals surface area contributed by atoms with Crippen molar-refractivity contribution in [1.82, 2.24) is 0 Å². The minimum atomic E-state index is -0.170. The maximum absolute atomic E-state index is 12.5. The Labute approximate surface area is 140 Å². The van der Waals surface area contributed by atoms with Crippen molar-refractivity contribution in [2.45, 2.75) is 24.3 Å². The monoisotopic (exact) mass is 335 g/mol. The lowest BCUT2D eigenvalue weighted by molar-refractivity contribution is -0.115. The zero-order chi connectivity index (χ0) is 16.7. The number of thioether (sulfide) groups is 1. The second-order valence-corrected chi connectivity index (χ2v) is 6.03. The third-order valence-electron chi connectivity index (χ3n) is 3.33. The van der Waals surface area contributed by atoms with Crippen molar-refractivity contribution in [3.63, 3.8) is 0 Å². The van der Waals surface area contributed by atoms with E-state index >= 15 is 0 Å². The fraction of sp³-hybridized carbons (Fsp3) is 0.353. The second kappa shape index (κ2) is 8.53. The van der Waals surface area contributed by atoms with Crippen LogP contribution < -0.4 is 14.8 Å². The van der Waals surface area contributed by atoms with Crippen LogP contribution in [0.2, 0.25) is 0 Å². The Hall–Kier alpha value is -2.08. The van der Waals surface area contributed by atoms with Gasteiger partial charge in [-0.25, -0.2) is 0 Å². The first-order valence-electron chi connectivity index (χ1n) is 7.34. The molecular formula is C17H21NO4S. The van der Waals surface area contributed by atoms with E-state index in [1.807, 2.05) is 19.1 Å². The Morgan fingerprint density at radius 3 is 2.74 bits per heavy atom. The van der Waals surface area contributed by atoms with Crippen LogP contribution in [0.25, 0.3) is 0 Å². The molecule has 2 aromatic rings. The van der Waals surface area contributed by atoms with E-state index in [4.69, 9.17) is 13.9 Å². The van der Waals surface area contributed by atoms with Gasteiger partial charge in [0.05, 0.1) is 37.2 Å². The van der Waals surface area contributed by atoms with E-state index in [2.05, 4.69) is 5.32 Å². The zero-order valence-corrected chi connectivity index (χ0v) is 14.3. The fourth-order valence-corrected chi connectivity index (χ4v) is 3.06. The van der Waals surface area contributed by atoms with Crippen molar-refractivity contribution in [2.75, 3.05) is 19.5 Å². The molecule has 5 nitrogen and oxygen atoms in total. The summed E-state index contributed by atoms with van der Waals surface area (Å²) in [6.07, 6.45) is 2.36. The van der Waals surface area contributed by atoms with Crippen LogP contribution in [0.5, 0.6) is 11.5 Å². The van der Waals surface area contributed by atoms with Crippen LogP contribution in [-0.2, 0) is 10.5 Å². The number of anilines is 1. The number of benzene rings is 1. The Balaban J connectivity index is 2.03. The van der Waals surface area contributed by atoms with Crippen LogP contribution in [-0.4, -0.2) is 25.4 Å². The standard InChI is InChI=1S/C17H21NO4S/c1-4-16(23-11-13-6-5-9-22-13)17(19)18-14-10-12(20-2)7-8-15(14)21-3/h5-10,16H,4,11H2,1-3H3,(H,18,19). The molecule has 1 heterocycles. The number of rotatable bonds is 8. The Kier molecular flexibility index (Phi) is 6.40. The van der Waals surface area contributed by atoms with Gasteiger partial charge in [0.15, 0.2) is 0 Å². The predicted octanol–water partition coefficient (Wildman–Crippen LogP) is 3.95. The zero-order valence-electron chi connectivity index (χ0n) is 13.5. The molecule has 0 aliphatic rings. The SMILES string of the molecule is CCC(SCc1ccco1)C(=O)Nc1cc(OC)ccc1OC. The number of methoxy groups -OCH3 is 2. The number of furan rings is 1. The lowest BCUT2D eigenvalue weighted by Gasteiger charge is -2.16. The summed E-state index contributed by atoms with van der Waals surface area (Å²) in [4.78, 5) is 12.5. The van der Waals surface area contributed by atoms with Crippen LogP contribution in [0, 0.1) is 0 Å². The van der Waals surface area contributed by atoms with Gasteiger partial charge in [0.1, 0.15) is 17.3 Å². The summed E-state index contributed by atoms with van der Waals surface area (Å²) in [7, 11) is 3.15. The van der Waals surface area contributed by atoms with Gasteiger partial charge in [-0.1, -0.05) is 6.92 Å². The molecule has 1 atom stereocenters. The Bertz CT molecular complexity index is 628. The van der Waals surface area contributed by atoms with Gasteiger partial charge < -0.3 is 19.2 Å². The lowest BCUT2D eigenvalue weighted by Crippen LogP contribution is -2.25. The molecule has 1 amide bonds.